The average Bonchev–Trinajstić information content (AvgIpc) is 2.66. The summed E-state index contributed by atoms with van der Waals surface area (Å²) in [4.78, 5) is 10.3. The smallest absolute Gasteiger partial charge is 0.224 e. The van der Waals surface area contributed by atoms with Gasteiger partial charge in [0.1, 0.15) is 10.8 Å². The van der Waals surface area contributed by atoms with Gasteiger partial charge in [-0.1, -0.05) is 11.6 Å². The van der Waals surface area contributed by atoms with Crippen molar-refractivity contribution in [1.82, 2.24) is 9.97 Å². The van der Waals surface area contributed by atoms with Crippen molar-refractivity contribution in [3.05, 3.63) is 38.4 Å². The first-order chi connectivity index (χ1) is 7.65. The molecule has 2 rings (SSSR count). The van der Waals surface area contributed by atoms with Gasteiger partial charge in [-0.3, -0.25) is 0 Å². The van der Waals surface area contributed by atoms with Crippen LogP contribution in [0.1, 0.15) is 9.75 Å². The lowest BCUT2D eigenvalue weighted by Gasteiger charge is -2.05. The number of hydrogen-bond acceptors (Lipinski definition) is 4. The molecule has 0 radical (unpaired) electrons. The lowest BCUT2D eigenvalue weighted by atomic mass is 10.4. The molecule has 2 heterocycles. The van der Waals surface area contributed by atoms with Crippen molar-refractivity contribution in [1.29, 1.82) is 0 Å². The van der Waals surface area contributed by atoms with E-state index in [1.165, 1.54) is 16.0 Å². The molecule has 0 fully saturated rings. The van der Waals surface area contributed by atoms with E-state index in [0.29, 0.717) is 17.4 Å². The molecule has 0 spiro atoms. The molecule has 6 heteroatoms. The van der Waals surface area contributed by atoms with Crippen molar-refractivity contribution in [2.24, 2.45) is 0 Å². The van der Waals surface area contributed by atoms with Crippen LogP contribution >= 0.6 is 34.5 Å². The summed E-state index contributed by atoms with van der Waals surface area (Å²) in [6, 6.07) is 4.15. The van der Waals surface area contributed by atoms with E-state index >= 15 is 0 Å². The van der Waals surface area contributed by atoms with Gasteiger partial charge < -0.3 is 5.32 Å². The van der Waals surface area contributed by atoms with E-state index < -0.39 is 0 Å². The number of hydrogen-bond donors (Lipinski definition) is 1. The Kier molecular flexibility index (Phi) is 3.63. The zero-order chi connectivity index (χ0) is 11.5. The SMILES string of the molecule is Cc1ccc(CNc2nc(Cl)ncc2Cl)s1. The highest BCUT2D eigenvalue weighted by molar-refractivity contribution is 7.11. The molecule has 2 aromatic heterocycles. The monoisotopic (exact) mass is 273 g/mol. The molecule has 0 saturated carbocycles. The third-order valence-electron chi connectivity index (χ3n) is 1.94. The first-order valence-corrected chi connectivity index (χ1v) is 6.19. The third kappa shape index (κ3) is 2.84. The molecule has 0 atom stereocenters. The molecule has 0 amide bonds. The van der Waals surface area contributed by atoms with Crippen LogP contribution in [0.15, 0.2) is 18.3 Å². The Morgan fingerprint density at radius 3 is 2.88 bits per heavy atom. The van der Waals surface area contributed by atoms with Crippen LogP contribution in [-0.4, -0.2) is 9.97 Å². The molecule has 0 aromatic carbocycles. The van der Waals surface area contributed by atoms with Crippen LogP contribution in [0.25, 0.3) is 0 Å². The highest BCUT2D eigenvalue weighted by Gasteiger charge is 2.04. The molecule has 84 valence electrons. The van der Waals surface area contributed by atoms with Gasteiger partial charge in [0.15, 0.2) is 0 Å². The molecule has 0 saturated heterocycles. The van der Waals surface area contributed by atoms with Crippen molar-refractivity contribution in [2.45, 2.75) is 13.5 Å². The summed E-state index contributed by atoms with van der Waals surface area (Å²) in [6.45, 7) is 2.76. The van der Waals surface area contributed by atoms with Crippen LogP contribution in [0.5, 0.6) is 0 Å². The van der Waals surface area contributed by atoms with Gasteiger partial charge in [-0.25, -0.2) is 4.98 Å². The fourth-order valence-electron chi connectivity index (χ4n) is 1.22. The Bertz CT molecular complexity index is 499. The van der Waals surface area contributed by atoms with Gasteiger partial charge in [-0.05, 0) is 30.7 Å². The molecule has 0 bridgehead atoms. The molecule has 0 aliphatic carbocycles. The summed E-state index contributed by atoms with van der Waals surface area (Å²) >= 11 is 13.3. The number of rotatable bonds is 3. The van der Waals surface area contributed by atoms with Gasteiger partial charge in [0.25, 0.3) is 0 Å². The zero-order valence-corrected chi connectivity index (χ0v) is 10.8. The van der Waals surface area contributed by atoms with E-state index in [0.717, 1.165) is 0 Å². The number of halogens is 2. The number of anilines is 1. The minimum absolute atomic E-state index is 0.189. The first kappa shape index (κ1) is 11.6. The average molecular weight is 274 g/mol. The molecular weight excluding hydrogens is 265 g/mol. The number of aryl methyl sites for hydroxylation is 1. The first-order valence-electron chi connectivity index (χ1n) is 4.62. The van der Waals surface area contributed by atoms with Crippen LogP contribution < -0.4 is 5.32 Å². The maximum atomic E-state index is 5.92. The van der Waals surface area contributed by atoms with E-state index in [2.05, 4.69) is 34.3 Å². The molecule has 0 aliphatic heterocycles. The van der Waals surface area contributed by atoms with E-state index in [4.69, 9.17) is 23.2 Å². The lowest BCUT2D eigenvalue weighted by Crippen LogP contribution is -2.01. The summed E-state index contributed by atoms with van der Waals surface area (Å²) in [5, 5.41) is 3.79. The fraction of sp³-hybridized carbons (Fsp3) is 0.200. The van der Waals surface area contributed by atoms with Gasteiger partial charge in [0, 0.05) is 9.75 Å². The largest absolute Gasteiger partial charge is 0.364 e. The second kappa shape index (κ2) is 4.99. The van der Waals surface area contributed by atoms with Crippen molar-refractivity contribution >= 4 is 40.4 Å². The van der Waals surface area contributed by atoms with Gasteiger partial charge in [0.05, 0.1) is 12.7 Å². The van der Waals surface area contributed by atoms with E-state index in [1.54, 1.807) is 11.3 Å². The summed E-state index contributed by atoms with van der Waals surface area (Å²) in [7, 11) is 0. The molecular formula is C10H9Cl2N3S. The molecule has 0 aliphatic rings. The summed E-state index contributed by atoms with van der Waals surface area (Å²) < 4.78 is 0. The second-order valence-electron chi connectivity index (χ2n) is 3.20. The van der Waals surface area contributed by atoms with Crippen LogP contribution in [0.4, 0.5) is 5.82 Å². The molecule has 1 N–H and O–H groups in total. The number of thiophene rings is 1. The van der Waals surface area contributed by atoms with Gasteiger partial charge >= 0.3 is 0 Å². The molecule has 0 unspecified atom stereocenters. The fourth-order valence-corrected chi connectivity index (χ4v) is 2.34. The van der Waals surface area contributed by atoms with Crippen LogP contribution in [0.3, 0.4) is 0 Å². The standard InChI is InChI=1S/C10H9Cl2N3S/c1-6-2-3-7(16-6)4-13-9-8(11)5-14-10(12)15-9/h2-3,5H,4H2,1H3,(H,13,14,15). The predicted molar refractivity (Wildman–Crippen MR) is 68.4 cm³/mol. The van der Waals surface area contributed by atoms with Gasteiger partial charge in [-0.15, -0.1) is 11.3 Å². The van der Waals surface area contributed by atoms with E-state index in [1.807, 2.05) is 0 Å². The third-order valence-corrected chi connectivity index (χ3v) is 3.40. The normalized spacial score (nSPS) is 10.4. The van der Waals surface area contributed by atoms with Crippen molar-refractivity contribution in [2.75, 3.05) is 5.32 Å². The number of aromatic nitrogens is 2. The Balaban J connectivity index is 2.07. The predicted octanol–water partition coefficient (Wildman–Crippen LogP) is 3.77. The minimum Gasteiger partial charge on any atom is -0.364 e. The minimum atomic E-state index is 0.189. The van der Waals surface area contributed by atoms with E-state index in [-0.39, 0.29) is 5.28 Å². The summed E-state index contributed by atoms with van der Waals surface area (Å²) in [5.41, 5.74) is 0. The van der Waals surface area contributed by atoms with Crippen LogP contribution in [0.2, 0.25) is 10.3 Å². The second-order valence-corrected chi connectivity index (χ2v) is 5.32. The quantitative estimate of drug-likeness (QED) is 0.866. The number of nitrogens with one attached hydrogen (secondary N) is 1. The number of nitrogens with zero attached hydrogens (tertiary/aromatic N) is 2. The molecule has 2 aromatic rings. The summed E-state index contributed by atoms with van der Waals surface area (Å²) in [6.07, 6.45) is 1.49. The van der Waals surface area contributed by atoms with Crippen molar-refractivity contribution in [3.8, 4) is 0 Å². The highest BCUT2D eigenvalue weighted by atomic mass is 35.5. The van der Waals surface area contributed by atoms with Crippen LogP contribution in [-0.2, 0) is 6.54 Å². The highest BCUT2D eigenvalue weighted by Crippen LogP contribution is 2.21. The maximum Gasteiger partial charge on any atom is 0.224 e. The lowest BCUT2D eigenvalue weighted by molar-refractivity contribution is 1.10. The molecule has 3 nitrogen and oxygen atoms in total. The maximum absolute atomic E-state index is 5.92. The Morgan fingerprint density at radius 2 is 2.19 bits per heavy atom. The Morgan fingerprint density at radius 1 is 1.38 bits per heavy atom. The van der Waals surface area contributed by atoms with Crippen molar-refractivity contribution < 1.29 is 0 Å². The Labute approximate surface area is 107 Å². The summed E-state index contributed by atoms with van der Waals surface area (Å²) in [5.74, 6) is 0.563. The Hall–Kier alpha value is -0.840. The van der Waals surface area contributed by atoms with Gasteiger partial charge in [-0.2, -0.15) is 4.98 Å². The molecule has 16 heavy (non-hydrogen) atoms. The zero-order valence-electron chi connectivity index (χ0n) is 8.50. The van der Waals surface area contributed by atoms with Crippen LogP contribution in [0, 0.1) is 6.92 Å². The van der Waals surface area contributed by atoms with Gasteiger partial charge in [0.2, 0.25) is 5.28 Å². The topological polar surface area (TPSA) is 37.8 Å². The van der Waals surface area contributed by atoms with Crippen molar-refractivity contribution in [3.63, 3.8) is 0 Å². The van der Waals surface area contributed by atoms with E-state index in [9.17, 15) is 0 Å².